The van der Waals surface area contributed by atoms with Crippen molar-refractivity contribution in [1.29, 1.82) is 0 Å². The number of aryl methyl sites for hydroxylation is 1. The SMILES string of the molecule is CCc1nc2cc(CNCc3cn[nH]c3)ccc2n1C1CC1. The molecule has 2 aromatic heterocycles. The highest BCUT2D eigenvalue weighted by atomic mass is 15.1. The number of fused-ring (bicyclic) bond motifs is 1. The molecule has 0 saturated heterocycles. The third-order valence-electron chi connectivity index (χ3n) is 4.27. The Labute approximate surface area is 129 Å². The molecule has 1 saturated carbocycles. The monoisotopic (exact) mass is 295 g/mol. The first-order chi connectivity index (χ1) is 10.8. The Morgan fingerprint density at radius 3 is 2.86 bits per heavy atom. The van der Waals surface area contributed by atoms with Crippen molar-refractivity contribution in [2.75, 3.05) is 0 Å². The Balaban J connectivity index is 1.53. The summed E-state index contributed by atoms with van der Waals surface area (Å²) in [6.45, 7) is 3.86. The summed E-state index contributed by atoms with van der Waals surface area (Å²) in [7, 11) is 0. The minimum Gasteiger partial charge on any atom is -0.325 e. The van der Waals surface area contributed by atoms with E-state index >= 15 is 0 Å². The molecule has 1 aliphatic rings. The van der Waals surface area contributed by atoms with Gasteiger partial charge in [-0.3, -0.25) is 5.10 Å². The van der Waals surface area contributed by atoms with Crippen molar-refractivity contribution >= 4 is 11.0 Å². The normalized spacial score (nSPS) is 14.8. The van der Waals surface area contributed by atoms with Gasteiger partial charge in [-0.25, -0.2) is 4.98 Å². The van der Waals surface area contributed by atoms with Gasteiger partial charge in [-0.15, -0.1) is 0 Å². The van der Waals surface area contributed by atoms with Crippen LogP contribution in [-0.4, -0.2) is 19.7 Å². The quantitative estimate of drug-likeness (QED) is 0.735. The van der Waals surface area contributed by atoms with Crippen LogP contribution in [0.25, 0.3) is 11.0 Å². The molecule has 4 rings (SSSR count). The number of nitrogens with zero attached hydrogens (tertiary/aromatic N) is 3. The van der Waals surface area contributed by atoms with E-state index in [1.165, 1.54) is 35.3 Å². The summed E-state index contributed by atoms with van der Waals surface area (Å²) in [6.07, 6.45) is 7.36. The number of aromatic amines is 1. The summed E-state index contributed by atoms with van der Waals surface area (Å²) in [5.74, 6) is 1.22. The number of H-pyrrole nitrogens is 1. The van der Waals surface area contributed by atoms with E-state index in [1.54, 1.807) is 0 Å². The maximum atomic E-state index is 4.83. The molecular weight excluding hydrogens is 274 g/mol. The maximum absolute atomic E-state index is 4.83. The summed E-state index contributed by atoms with van der Waals surface area (Å²) in [5.41, 5.74) is 4.87. The van der Waals surface area contributed by atoms with Gasteiger partial charge >= 0.3 is 0 Å². The smallest absolute Gasteiger partial charge is 0.109 e. The largest absolute Gasteiger partial charge is 0.325 e. The first kappa shape index (κ1) is 13.5. The van der Waals surface area contributed by atoms with Gasteiger partial charge < -0.3 is 9.88 Å². The predicted octanol–water partition coefficient (Wildman–Crippen LogP) is 2.95. The number of rotatable bonds is 6. The lowest BCUT2D eigenvalue weighted by atomic mass is 10.2. The molecule has 1 fully saturated rings. The molecule has 3 aromatic rings. The molecule has 22 heavy (non-hydrogen) atoms. The first-order valence-electron chi connectivity index (χ1n) is 8.03. The highest BCUT2D eigenvalue weighted by Crippen LogP contribution is 2.38. The molecule has 2 heterocycles. The average Bonchev–Trinajstić information content (AvgIpc) is 3.10. The molecule has 0 atom stereocenters. The zero-order valence-corrected chi connectivity index (χ0v) is 12.8. The summed E-state index contributed by atoms with van der Waals surface area (Å²) in [6, 6.07) is 7.35. The lowest BCUT2D eigenvalue weighted by molar-refractivity contribution is 0.694. The van der Waals surface area contributed by atoms with E-state index in [4.69, 9.17) is 4.98 Å². The van der Waals surface area contributed by atoms with E-state index in [2.05, 4.69) is 45.2 Å². The van der Waals surface area contributed by atoms with Crippen molar-refractivity contribution in [3.63, 3.8) is 0 Å². The van der Waals surface area contributed by atoms with Crippen LogP contribution < -0.4 is 5.32 Å². The predicted molar refractivity (Wildman–Crippen MR) is 86.5 cm³/mol. The lowest BCUT2D eigenvalue weighted by Crippen LogP contribution is -2.12. The van der Waals surface area contributed by atoms with Crippen LogP contribution in [-0.2, 0) is 19.5 Å². The zero-order chi connectivity index (χ0) is 14.9. The molecule has 114 valence electrons. The fourth-order valence-corrected chi connectivity index (χ4v) is 3.02. The Bertz CT molecular complexity index is 768. The number of hydrogen-bond acceptors (Lipinski definition) is 3. The van der Waals surface area contributed by atoms with Crippen LogP contribution in [0.5, 0.6) is 0 Å². The third-order valence-corrected chi connectivity index (χ3v) is 4.27. The molecule has 0 amide bonds. The summed E-state index contributed by atoms with van der Waals surface area (Å²) < 4.78 is 2.44. The molecule has 0 aliphatic heterocycles. The number of aromatic nitrogens is 4. The molecule has 0 radical (unpaired) electrons. The maximum Gasteiger partial charge on any atom is 0.109 e. The van der Waals surface area contributed by atoms with Crippen molar-refractivity contribution < 1.29 is 0 Å². The Morgan fingerprint density at radius 1 is 1.27 bits per heavy atom. The average molecular weight is 295 g/mol. The molecule has 1 aromatic carbocycles. The van der Waals surface area contributed by atoms with Crippen molar-refractivity contribution in [2.24, 2.45) is 0 Å². The van der Waals surface area contributed by atoms with E-state index in [9.17, 15) is 0 Å². The second-order valence-corrected chi connectivity index (χ2v) is 6.02. The van der Waals surface area contributed by atoms with Gasteiger partial charge in [0.2, 0.25) is 0 Å². The van der Waals surface area contributed by atoms with Crippen LogP contribution in [0.4, 0.5) is 0 Å². The number of imidazole rings is 1. The molecule has 0 unspecified atom stereocenters. The zero-order valence-electron chi connectivity index (χ0n) is 12.8. The number of benzene rings is 1. The molecule has 0 bridgehead atoms. The van der Waals surface area contributed by atoms with Crippen LogP contribution in [0.3, 0.4) is 0 Å². The van der Waals surface area contributed by atoms with E-state index < -0.39 is 0 Å². The van der Waals surface area contributed by atoms with Crippen LogP contribution in [0.1, 0.15) is 42.8 Å². The van der Waals surface area contributed by atoms with Gasteiger partial charge in [-0.2, -0.15) is 5.10 Å². The minimum absolute atomic E-state index is 0.685. The van der Waals surface area contributed by atoms with Crippen LogP contribution >= 0.6 is 0 Å². The van der Waals surface area contributed by atoms with Gasteiger partial charge in [0.15, 0.2) is 0 Å². The van der Waals surface area contributed by atoms with Gasteiger partial charge in [0, 0.05) is 37.3 Å². The highest BCUT2D eigenvalue weighted by molar-refractivity contribution is 5.77. The van der Waals surface area contributed by atoms with Crippen LogP contribution in [0, 0.1) is 0 Å². The molecule has 0 spiro atoms. The molecular formula is C17H21N5. The van der Waals surface area contributed by atoms with E-state index in [0.717, 1.165) is 25.0 Å². The standard InChI is InChI=1S/C17H21N5/c1-2-17-21-15-7-12(8-18-9-13-10-19-20-11-13)3-6-16(15)22(17)14-4-5-14/h3,6-7,10-11,14,18H,2,4-5,8-9H2,1H3,(H,19,20). The van der Waals surface area contributed by atoms with E-state index in [-0.39, 0.29) is 0 Å². The summed E-state index contributed by atoms with van der Waals surface area (Å²) in [5, 5.41) is 10.2. The second-order valence-electron chi connectivity index (χ2n) is 6.02. The van der Waals surface area contributed by atoms with Gasteiger partial charge in [-0.1, -0.05) is 13.0 Å². The van der Waals surface area contributed by atoms with Gasteiger partial charge in [-0.05, 0) is 30.5 Å². The Morgan fingerprint density at radius 2 is 2.14 bits per heavy atom. The molecule has 2 N–H and O–H groups in total. The minimum atomic E-state index is 0.685. The van der Waals surface area contributed by atoms with Gasteiger partial charge in [0.1, 0.15) is 5.82 Å². The Hall–Kier alpha value is -2.14. The van der Waals surface area contributed by atoms with Crippen LogP contribution in [0.2, 0.25) is 0 Å². The summed E-state index contributed by atoms with van der Waals surface area (Å²) in [4.78, 5) is 4.83. The lowest BCUT2D eigenvalue weighted by Gasteiger charge is -2.06. The topological polar surface area (TPSA) is 58.5 Å². The molecule has 1 aliphatic carbocycles. The van der Waals surface area contributed by atoms with Crippen molar-refractivity contribution in [3.8, 4) is 0 Å². The fraction of sp³-hybridized carbons (Fsp3) is 0.412. The van der Waals surface area contributed by atoms with E-state index in [0.29, 0.717) is 6.04 Å². The van der Waals surface area contributed by atoms with Crippen molar-refractivity contribution in [1.82, 2.24) is 25.1 Å². The van der Waals surface area contributed by atoms with Crippen molar-refractivity contribution in [3.05, 3.63) is 47.5 Å². The molecule has 5 heteroatoms. The second kappa shape index (κ2) is 5.57. The molecule has 5 nitrogen and oxygen atoms in total. The summed E-state index contributed by atoms with van der Waals surface area (Å²) >= 11 is 0. The first-order valence-corrected chi connectivity index (χ1v) is 8.03. The number of hydrogen-bond donors (Lipinski definition) is 2. The van der Waals surface area contributed by atoms with Crippen LogP contribution in [0.15, 0.2) is 30.6 Å². The highest BCUT2D eigenvalue weighted by Gasteiger charge is 2.27. The Kier molecular flexibility index (Phi) is 3.42. The fourth-order valence-electron chi connectivity index (χ4n) is 3.02. The van der Waals surface area contributed by atoms with E-state index in [1.807, 2.05) is 12.4 Å². The third kappa shape index (κ3) is 2.52. The van der Waals surface area contributed by atoms with Gasteiger partial charge in [0.05, 0.1) is 17.2 Å². The number of nitrogens with one attached hydrogen (secondary N) is 2. The van der Waals surface area contributed by atoms with Gasteiger partial charge in [0.25, 0.3) is 0 Å². The van der Waals surface area contributed by atoms with Crippen molar-refractivity contribution in [2.45, 2.75) is 45.3 Å².